The highest BCUT2D eigenvalue weighted by molar-refractivity contribution is 9.10. The summed E-state index contributed by atoms with van der Waals surface area (Å²) >= 11 is 9.48. The van der Waals surface area contributed by atoms with Gasteiger partial charge in [0.05, 0.1) is 45.9 Å². The Balaban J connectivity index is 1.60. The average molecular weight is 650 g/mol. The van der Waals surface area contributed by atoms with Gasteiger partial charge in [-0.3, -0.25) is 9.59 Å². The molecule has 0 saturated heterocycles. The second kappa shape index (κ2) is 10.6. The molecule has 214 valence electrons. The van der Waals surface area contributed by atoms with Gasteiger partial charge in [0.25, 0.3) is 11.5 Å². The number of nitrogens with one attached hydrogen (secondary N) is 1. The largest absolute Gasteiger partial charge is 0.417 e. The molecule has 0 radical (unpaired) electrons. The number of nitrogens with zero attached hydrogens (tertiary/aromatic N) is 5. The lowest BCUT2D eigenvalue weighted by Gasteiger charge is -2.35. The summed E-state index contributed by atoms with van der Waals surface area (Å²) in [7, 11) is 1.82. The second-order valence-corrected chi connectivity index (χ2v) is 11.3. The molecule has 0 unspecified atom stereocenters. The predicted molar refractivity (Wildman–Crippen MR) is 155 cm³/mol. The summed E-state index contributed by atoms with van der Waals surface area (Å²) < 4.78 is 43.5. The molecule has 2 atom stereocenters. The number of alkyl halides is 3. The molecule has 2 aromatic carbocycles. The van der Waals surface area contributed by atoms with Gasteiger partial charge in [-0.05, 0) is 50.6 Å². The predicted octanol–water partition coefficient (Wildman–Crippen LogP) is 6.13. The van der Waals surface area contributed by atoms with Crippen molar-refractivity contribution in [3.63, 3.8) is 0 Å². The van der Waals surface area contributed by atoms with Gasteiger partial charge in [0, 0.05) is 34.7 Å². The SMILES string of the molecule is C=C[C@H](C)Nc1nc2c(c(=O)n1-c1cc(Cl)c3c(c1)ncn3C)C[C@@H](C)N(C(=O)c1ccc(Br)c(C(F)(F)F)c1)C2. The molecule has 0 fully saturated rings. The summed E-state index contributed by atoms with van der Waals surface area (Å²) in [4.78, 5) is 38.0. The van der Waals surface area contributed by atoms with E-state index < -0.39 is 23.7 Å². The first-order chi connectivity index (χ1) is 19.3. The van der Waals surface area contributed by atoms with E-state index in [1.807, 2.05) is 14.0 Å². The first-order valence-corrected chi connectivity index (χ1v) is 13.8. The van der Waals surface area contributed by atoms with Crippen LogP contribution >= 0.6 is 27.5 Å². The molecule has 1 amide bonds. The Bertz CT molecular complexity index is 1770. The molecule has 2 aromatic heterocycles. The normalized spacial score (nSPS) is 16.0. The molecule has 0 bridgehead atoms. The number of aromatic nitrogens is 4. The number of anilines is 1. The summed E-state index contributed by atoms with van der Waals surface area (Å²) in [5.74, 6) is -0.383. The van der Waals surface area contributed by atoms with Crippen LogP contribution in [0.3, 0.4) is 0 Å². The maximum Gasteiger partial charge on any atom is 0.417 e. The van der Waals surface area contributed by atoms with Crippen molar-refractivity contribution in [2.75, 3.05) is 5.32 Å². The molecule has 41 heavy (non-hydrogen) atoms. The Morgan fingerprint density at radius 2 is 2.02 bits per heavy atom. The first kappa shape index (κ1) is 28.9. The van der Waals surface area contributed by atoms with Crippen LogP contribution in [0, 0.1) is 0 Å². The van der Waals surface area contributed by atoms with Gasteiger partial charge < -0.3 is 14.8 Å². The minimum Gasteiger partial charge on any atom is -0.349 e. The number of hydrogen-bond donors (Lipinski definition) is 1. The van der Waals surface area contributed by atoms with Crippen LogP contribution in [0.1, 0.15) is 41.0 Å². The summed E-state index contributed by atoms with van der Waals surface area (Å²) in [6.07, 6.45) is -1.20. The number of fused-ring (bicyclic) bond motifs is 2. The van der Waals surface area contributed by atoms with Crippen LogP contribution in [-0.2, 0) is 26.2 Å². The molecule has 5 rings (SSSR count). The number of aryl methyl sites for hydroxylation is 1. The number of amides is 1. The third-order valence-corrected chi connectivity index (χ3v) is 8.09. The van der Waals surface area contributed by atoms with Crippen molar-refractivity contribution >= 4 is 50.4 Å². The molecule has 13 heteroatoms. The number of rotatable bonds is 5. The monoisotopic (exact) mass is 648 g/mol. The maximum absolute atomic E-state index is 14.0. The lowest BCUT2D eigenvalue weighted by molar-refractivity contribution is -0.138. The van der Waals surface area contributed by atoms with Crippen molar-refractivity contribution in [2.24, 2.45) is 7.05 Å². The molecular formula is C28H25BrClF3N6O2. The summed E-state index contributed by atoms with van der Waals surface area (Å²) in [5.41, 5.74) is 1.14. The Morgan fingerprint density at radius 1 is 1.29 bits per heavy atom. The van der Waals surface area contributed by atoms with Crippen molar-refractivity contribution in [3.05, 3.63) is 91.5 Å². The van der Waals surface area contributed by atoms with Crippen molar-refractivity contribution in [3.8, 4) is 5.69 Å². The number of imidazole rings is 1. The summed E-state index contributed by atoms with van der Waals surface area (Å²) in [5, 5.41) is 3.58. The topological polar surface area (TPSA) is 85.1 Å². The number of hydrogen-bond acceptors (Lipinski definition) is 5. The van der Waals surface area contributed by atoms with E-state index in [9.17, 15) is 22.8 Å². The average Bonchev–Trinajstić information content (AvgIpc) is 3.29. The van der Waals surface area contributed by atoms with E-state index in [1.165, 1.54) is 21.6 Å². The fourth-order valence-electron chi connectivity index (χ4n) is 4.92. The zero-order valence-electron chi connectivity index (χ0n) is 22.3. The van der Waals surface area contributed by atoms with Crippen LogP contribution in [0.15, 0.2) is 58.6 Å². The minimum absolute atomic E-state index is 0.0555. The third-order valence-electron chi connectivity index (χ3n) is 7.11. The number of benzene rings is 2. The molecule has 0 spiro atoms. The highest BCUT2D eigenvalue weighted by Crippen LogP contribution is 2.36. The van der Waals surface area contributed by atoms with Crippen LogP contribution in [0.25, 0.3) is 16.7 Å². The fraction of sp³-hybridized carbons (Fsp3) is 0.286. The molecule has 4 aromatic rings. The molecular weight excluding hydrogens is 625 g/mol. The van der Waals surface area contributed by atoms with Gasteiger partial charge in [-0.1, -0.05) is 33.6 Å². The van der Waals surface area contributed by atoms with Gasteiger partial charge in [0.15, 0.2) is 0 Å². The second-order valence-electron chi connectivity index (χ2n) is 10.00. The van der Waals surface area contributed by atoms with Crippen LogP contribution in [0.5, 0.6) is 0 Å². The van der Waals surface area contributed by atoms with Gasteiger partial charge in [-0.2, -0.15) is 13.2 Å². The third kappa shape index (κ3) is 5.26. The smallest absolute Gasteiger partial charge is 0.349 e. The van der Waals surface area contributed by atoms with Crippen LogP contribution in [0.2, 0.25) is 5.02 Å². The molecule has 0 saturated carbocycles. The zero-order chi connectivity index (χ0) is 29.8. The number of halogens is 5. The Kier molecular flexibility index (Phi) is 7.49. The van der Waals surface area contributed by atoms with Gasteiger partial charge in [0.1, 0.15) is 0 Å². The standard InChI is InChI=1S/C28H25BrClF3N6O2/c1-5-14(2)35-27-36-23-12-38(25(40)16-6-7-20(29)19(9-16)28(31,32)33)15(3)8-18(23)26(41)39(27)17-10-21(30)24-22(11-17)34-13-37(24)4/h5-7,9-11,13-15H,1,8,12H2,2-4H3,(H,35,36)/t14-,15+/m0/s1. The Morgan fingerprint density at radius 3 is 2.71 bits per heavy atom. The lowest BCUT2D eigenvalue weighted by Crippen LogP contribution is -2.46. The number of carbonyl (C=O) groups excluding carboxylic acids is 1. The first-order valence-electron chi connectivity index (χ1n) is 12.6. The van der Waals surface area contributed by atoms with E-state index in [0.717, 1.165) is 6.07 Å². The van der Waals surface area contributed by atoms with Crippen LogP contribution < -0.4 is 10.9 Å². The van der Waals surface area contributed by atoms with Crippen LogP contribution in [0.4, 0.5) is 19.1 Å². The minimum atomic E-state index is -4.63. The lowest BCUT2D eigenvalue weighted by atomic mass is 9.98. The van der Waals surface area contributed by atoms with Gasteiger partial charge in [-0.15, -0.1) is 6.58 Å². The van der Waals surface area contributed by atoms with Crippen molar-refractivity contribution < 1.29 is 18.0 Å². The van der Waals surface area contributed by atoms with Crippen molar-refractivity contribution in [1.29, 1.82) is 0 Å². The van der Waals surface area contributed by atoms with Crippen molar-refractivity contribution in [2.45, 2.75) is 45.1 Å². The van der Waals surface area contributed by atoms with E-state index in [4.69, 9.17) is 16.6 Å². The van der Waals surface area contributed by atoms with Gasteiger partial charge >= 0.3 is 6.18 Å². The molecule has 8 nitrogen and oxygen atoms in total. The highest BCUT2D eigenvalue weighted by atomic mass is 79.9. The van der Waals surface area contributed by atoms with Gasteiger partial charge in [-0.25, -0.2) is 14.5 Å². The van der Waals surface area contributed by atoms with E-state index in [1.54, 1.807) is 36.0 Å². The maximum atomic E-state index is 14.0. The van der Waals surface area contributed by atoms with E-state index in [-0.39, 0.29) is 40.6 Å². The van der Waals surface area contributed by atoms with Crippen molar-refractivity contribution in [1.82, 2.24) is 24.0 Å². The van der Waals surface area contributed by atoms with E-state index in [0.29, 0.717) is 33.0 Å². The zero-order valence-corrected chi connectivity index (χ0v) is 24.6. The molecule has 1 aliphatic heterocycles. The Labute approximate surface area is 246 Å². The van der Waals surface area contributed by atoms with Gasteiger partial charge in [0.2, 0.25) is 5.95 Å². The van der Waals surface area contributed by atoms with Crippen LogP contribution in [-0.4, -0.2) is 42.0 Å². The quantitative estimate of drug-likeness (QED) is 0.263. The molecule has 3 heterocycles. The van der Waals surface area contributed by atoms with E-state index in [2.05, 4.69) is 32.8 Å². The van der Waals surface area contributed by atoms with E-state index >= 15 is 0 Å². The summed E-state index contributed by atoms with van der Waals surface area (Å²) in [6.45, 7) is 7.31. The molecule has 1 aliphatic rings. The fourth-order valence-corrected chi connectivity index (χ4v) is 5.74. The Hall–Kier alpha value is -3.64. The molecule has 0 aliphatic carbocycles. The summed E-state index contributed by atoms with van der Waals surface area (Å²) in [6, 6.07) is 6.03. The molecule has 1 N–H and O–H groups in total. The number of carbonyl (C=O) groups is 1. The highest BCUT2D eigenvalue weighted by Gasteiger charge is 2.36.